The minimum absolute atomic E-state index is 0.0174. The molecular formula is C11H13N3O3. The molecule has 0 aliphatic heterocycles. The van der Waals surface area contributed by atoms with E-state index in [1.54, 1.807) is 29.7 Å². The number of pyridine rings is 1. The van der Waals surface area contributed by atoms with Gasteiger partial charge >= 0.3 is 5.97 Å². The Hall–Kier alpha value is -2.08. The summed E-state index contributed by atoms with van der Waals surface area (Å²) in [6.07, 6.45) is 1.70. The van der Waals surface area contributed by atoms with Gasteiger partial charge in [0.2, 0.25) is 0 Å². The first kappa shape index (κ1) is 11.4. The van der Waals surface area contributed by atoms with Gasteiger partial charge in [-0.15, -0.1) is 0 Å². The molecule has 2 aromatic heterocycles. The highest BCUT2D eigenvalue weighted by Crippen LogP contribution is 2.21. The molecule has 6 nitrogen and oxygen atoms in total. The van der Waals surface area contributed by atoms with Crippen LogP contribution in [0.5, 0.6) is 5.75 Å². The number of aromatic nitrogens is 2. The van der Waals surface area contributed by atoms with Gasteiger partial charge in [0.25, 0.3) is 0 Å². The number of carboxylic acid groups (broad SMARTS) is 1. The van der Waals surface area contributed by atoms with Crippen molar-refractivity contribution in [1.29, 1.82) is 0 Å². The molecule has 2 rings (SSSR count). The van der Waals surface area contributed by atoms with E-state index in [-0.39, 0.29) is 11.7 Å². The monoisotopic (exact) mass is 235 g/mol. The molecule has 3 N–H and O–H groups in total. The second kappa shape index (κ2) is 4.06. The van der Waals surface area contributed by atoms with Gasteiger partial charge in [0.1, 0.15) is 11.6 Å². The van der Waals surface area contributed by atoms with Gasteiger partial charge in [0.05, 0.1) is 18.7 Å². The van der Waals surface area contributed by atoms with Crippen LogP contribution in [0.15, 0.2) is 18.3 Å². The normalized spacial score (nSPS) is 12.6. The summed E-state index contributed by atoms with van der Waals surface area (Å²) >= 11 is 0. The summed E-state index contributed by atoms with van der Waals surface area (Å²) in [5.74, 6) is 0.0128. The fourth-order valence-electron chi connectivity index (χ4n) is 1.69. The maximum absolute atomic E-state index is 11.1. The zero-order valence-corrected chi connectivity index (χ0v) is 9.54. The van der Waals surface area contributed by atoms with Crippen molar-refractivity contribution in [2.45, 2.75) is 13.0 Å². The van der Waals surface area contributed by atoms with Gasteiger partial charge in [-0.1, -0.05) is 0 Å². The van der Waals surface area contributed by atoms with E-state index < -0.39 is 5.97 Å². The van der Waals surface area contributed by atoms with Crippen LogP contribution in [-0.2, 0) is 0 Å². The lowest BCUT2D eigenvalue weighted by Crippen LogP contribution is -2.09. The molecule has 0 aliphatic carbocycles. The number of fused-ring (bicyclic) bond motifs is 1. The van der Waals surface area contributed by atoms with Gasteiger partial charge < -0.3 is 20.0 Å². The van der Waals surface area contributed by atoms with Crippen molar-refractivity contribution in [3.05, 3.63) is 29.8 Å². The fraction of sp³-hybridized carbons (Fsp3) is 0.273. The Balaban J connectivity index is 2.76. The third-order valence-corrected chi connectivity index (χ3v) is 2.49. The largest absolute Gasteiger partial charge is 0.497 e. The van der Waals surface area contributed by atoms with Crippen molar-refractivity contribution < 1.29 is 14.6 Å². The van der Waals surface area contributed by atoms with Gasteiger partial charge in [0.15, 0.2) is 5.69 Å². The Morgan fingerprint density at radius 2 is 2.35 bits per heavy atom. The van der Waals surface area contributed by atoms with Crippen molar-refractivity contribution in [2.75, 3.05) is 7.11 Å². The molecule has 0 saturated carbocycles. The van der Waals surface area contributed by atoms with Crippen molar-refractivity contribution in [3.63, 3.8) is 0 Å². The standard InChI is InChI=1S/C11H13N3O3/c1-6(12)10-13-9(11(15)16)8-5-7(17-2)3-4-14(8)10/h3-6H,12H2,1-2H3,(H,15,16). The number of ether oxygens (including phenoxy) is 1. The summed E-state index contributed by atoms with van der Waals surface area (Å²) in [4.78, 5) is 15.1. The average Bonchev–Trinajstić information content (AvgIpc) is 2.67. The number of methoxy groups -OCH3 is 1. The molecule has 0 saturated heterocycles. The number of hydrogen-bond donors (Lipinski definition) is 2. The molecule has 6 heteroatoms. The summed E-state index contributed by atoms with van der Waals surface area (Å²) in [5.41, 5.74) is 6.21. The van der Waals surface area contributed by atoms with Crippen LogP contribution in [0.1, 0.15) is 29.3 Å². The van der Waals surface area contributed by atoms with Crippen molar-refractivity contribution in [2.24, 2.45) is 5.73 Å². The maximum Gasteiger partial charge on any atom is 0.356 e. The Labute approximate surface area is 97.6 Å². The lowest BCUT2D eigenvalue weighted by Gasteiger charge is -2.05. The number of nitrogens with two attached hydrogens (primary N) is 1. The molecule has 1 unspecified atom stereocenters. The average molecular weight is 235 g/mol. The van der Waals surface area contributed by atoms with Crippen LogP contribution in [0.25, 0.3) is 5.52 Å². The van der Waals surface area contributed by atoms with E-state index >= 15 is 0 Å². The molecule has 2 heterocycles. The third-order valence-electron chi connectivity index (χ3n) is 2.49. The van der Waals surface area contributed by atoms with Crippen molar-refractivity contribution in [3.8, 4) is 5.75 Å². The van der Waals surface area contributed by atoms with Crippen molar-refractivity contribution >= 4 is 11.5 Å². The van der Waals surface area contributed by atoms with E-state index in [9.17, 15) is 4.79 Å². The number of imidazole rings is 1. The van der Waals surface area contributed by atoms with E-state index in [0.717, 1.165) is 0 Å². The summed E-state index contributed by atoms with van der Waals surface area (Å²) in [6.45, 7) is 1.75. The molecular weight excluding hydrogens is 222 g/mol. The summed E-state index contributed by atoms with van der Waals surface area (Å²) < 4.78 is 6.72. The van der Waals surface area contributed by atoms with Crippen LogP contribution >= 0.6 is 0 Å². The molecule has 0 aliphatic rings. The topological polar surface area (TPSA) is 89.9 Å². The molecule has 1 atom stereocenters. The quantitative estimate of drug-likeness (QED) is 0.830. The summed E-state index contributed by atoms with van der Waals surface area (Å²) in [7, 11) is 1.52. The maximum atomic E-state index is 11.1. The van der Waals surface area contributed by atoms with Gasteiger partial charge in [-0.2, -0.15) is 0 Å². The lowest BCUT2D eigenvalue weighted by molar-refractivity contribution is 0.0693. The minimum atomic E-state index is -1.08. The number of rotatable bonds is 3. The molecule has 0 aromatic carbocycles. The molecule has 90 valence electrons. The van der Waals surface area contributed by atoms with Crippen LogP contribution in [0, 0.1) is 0 Å². The van der Waals surface area contributed by atoms with E-state index in [0.29, 0.717) is 17.1 Å². The first-order valence-corrected chi connectivity index (χ1v) is 5.09. The second-order valence-corrected chi connectivity index (χ2v) is 3.73. The number of nitrogens with zero attached hydrogens (tertiary/aromatic N) is 2. The molecule has 0 spiro atoms. The predicted octanol–water partition coefficient (Wildman–Crippen LogP) is 1.06. The molecule has 2 aromatic rings. The Kier molecular flexibility index (Phi) is 2.72. The SMILES string of the molecule is COc1ccn2c(C(C)N)nc(C(=O)O)c2c1. The number of carbonyl (C=O) groups is 1. The zero-order valence-electron chi connectivity index (χ0n) is 9.54. The molecule has 0 radical (unpaired) electrons. The summed E-state index contributed by atoms with van der Waals surface area (Å²) in [5, 5.41) is 9.08. The molecule has 17 heavy (non-hydrogen) atoms. The first-order chi connectivity index (χ1) is 8.04. The van der Waals surface area contributed by atoms with Crippen molar-refractivity contribution in [1.82, 2.24) is 9.38 Å². The van der Waals surface area contributed by atoms with E-state index in [2.05, 4.69) is 4.98 Å². The van der Waals surface area contributed by atoms with Gasteiger partial charge in [-0.3, -0.25) is 0 Å². The molecule has 0 fully saturated rings. The first-order valence-electron chi connectivity index (χ1n) is 5.09. The van der Waals surface area contributed by atoms with E-state index in [4.69, 9.17) is 15.6 Å². The molecule has 0 bridgehead atoms. The molecule has 0 amide bonds. The number of carboxylic acids is 1. The van der Waals surface area contributed by atoms with E-state index in [1.807, 2.05) is 0 Å². The van der Waals surface area contributed by atoms with Crippen LogP contribution in [-0.4, -0.2) is 27.6 Å². The Morgan fingerprint density at radius 1 is 1.65 bits per heavy atom. The Bertz CT molecular complexity index is 575. The lowest BCUT2D eigenvalue weighted by atomic mass is 10.3. The smallest absolute Gasteiger partial charge is 0.356 e. The van der Waals surface area contributed by atoms with Gasteiger partial charge in [-0.25, -0.2) is 9.78 Å². The fourth-order valence-corrected chi connectivity index (χ4v) is 1.69. The van der Waals surface area contributed by atoms with Gasteiger partial charge in [0, 0.05) is 12.3 Å². The van der Waals surface area contributed by atoms with Crippen LogP contribution in [0.3, 0.4) is 0 Å². The van der Waals surface area contributed by atoms with E-state index in [1.165, 1.54) is 7.11 Å². The predicted molar refractivity (Wildman–Crippen MR) is 61.3 cm³/mol. The number of aromatic carboxylic acids is 1. The van der Waals surface area contributed by atoms with Crippen LogP contribution < -0.4 is 10.5 Å². The van der Waals surface area contributed by atoms with Crippen LogP contribution in [0.2, 0.25) is 0 Å². The zero-order chi connectivity index (χ0) is 12.6. The highest BCUT2D eigenvalue weighted by atomic mass is 16.5. The van der Waals surface area contributed by atoms with Crippen LogP contribution in [0.4, 0.5) is 0 Å². The van der Waals surface area contributed by atoms with Gasteiger partial charge in [-0.05, 0) is 13.0 Å². The minimum Gasteiger partial charge on any atom is -0.497 e. The highest BCUT2D eigenvalue weighted by molar-refractivity contribution is 5.94. The second-order valence-electron chi connectivity index (χ2n) is 3.73. The highest BCUT2D eigenvalue weighted by Gasteiger charge is 2.18. The summed E-state index contributed by atoms with van der Waals surface area (Å²) in [6, 6.07) is 3.01. The number of hydrogen-bond acceptors (Lipinski definition) is 4. The Morgan fingerprint density at radius 3 is 2.88 bits per heavy atom. The third kappa shape index (κ3) is 1.83.